The van der Waals surface area contributed by atoms with Gasteiger partial charge in [-0.2, -0.15) is 0 Å². The van der Waals surface area contributed by atoms with Gasteiger partial charge in [-0.05, 0) is 26.1 Å². The number of hydrogen-bond acceptors (Lipinski definition) is 4. The molecule has 0 radical (unpaired) electrons. The lowest BCUT2D eigenvalue weighted by molar-refractivity contribution is -0.121. The van der Waals surface area contributed by atoms with E-state index in [9.17, 15) is 4.79 Å². The van der Waals surface area contributed by atoms with Crippen LogP contribution in [0.4, 0.5) is 5.69 Å². The number of rotatable bonds is 6. The molecule has 1 heterocycles. The third-order valence-electron chi connectivity index (χ3n) is 3.81. The van der Waals surface area contributed by atoms with Gasteiger partial charge in [-0.1, -0.05) is 49.3 Å². The van der Waals surface area contributed by atoms with Crippen molar-refractivity contribution in [1.82, 2.24) is 10.1 Å². The fourth-order valence-corrected chi connectivity index (χ4v) is 2.43. The second-order valence-electron chi connectivity index (χ2n) is 5.30. The van der Waals surface area contributed by atoms with Crippen LogP contribution in [-0.4, -0.2) is 29.6 Å². The number of benzene rings is 1. The van der Waals surface area contributed by atoms with Crippen LogP contribution in [0.3, 0.4) is 0 Å². The number of nitrogens with one attached hydrogen (secondary N) is 1. The van der Waals surface area contributed by atoms with Crippen molar-refractivity contribution in [1.29, 1.82) is 0 Å². The Hall–Kier alpha value is -2.14. The molecule has 0 aliphatic carbocycles. The van der Waals surface area contributed by atoms with Crippen LogP contribution in [0.15, 0.2) is 34.9 Å². The van der Waals surface area contributed by atoms with Crippen molar-refractivity contribution in [2.75, 3.05) is 18.9 Å². The van der Waals surface area contributed by atoms with E-state index < -0.39 is 0 Å². The van der Waals surface area contributed by atoms with Crippen LogP contribution in [0.25, 0.3) is 0 Å². The highest BCUT2D eigenvalue weighted by atomic mass is 16.5. The Kier molecular flexibility index (Phi) is 5.33. The van der Waals surface area contributed by atoms with Gasteiger partial charge in [0.15, 0.2) is 5.76 Å². The molecular weight excluding hydrogens is 278 g/mol. The molecule has 1 unspecified atom stereocenters. The molecule has 1 atom stereocenters. The Morgan fingerprint density at radius 1 is 1.32 bits per heavy atom. The predicted molar refractivity (Wildman–Crippen MR) is 86.7 cm³/mol. The van der Waals surface area contributed by atoms with E-state index in [0.29, 0.717) is 23.6 Å². The SMILES string of the molecule is CCc1onc(C)c1NC(=O)C(c1ccccc1)N(C)CC. The second-order valence-corrected chi connectivity index (χ2v) is 5.30. The fourth-order valence-electron chi connectivity index (χ4n) is 2.43. The first kappa shape index (κ1) is 16.2. The van der Waals surface area contributed by atoms with Gasteiger partial charge in [-0.25, -0.2) is 0 Å². The van der Waals surface area contributed by atoms with E-state index in [1.807, 2.05) is 63.1 Å². The Labute approximate surface area is 131 Å². The van der Waals surface area contributed by atoms with Gasteiger partial charge in [0.05, 0.1) is 0 Å². The number of carbonyl (C=O) groups excluding carboxylic acids is 1. The van der Waals surface area contributed by atoms with Crippen molar-refractivity contribution in [2.24, 2.45) is 0 Å². The first-order valence-electron chi connectivity index (χ1n) is 7.59. The summed E-state index contributed by atoms with van der Waals surface area (Å²) < 4.78 is 5.24. The van der Waals surface area contributed by atoms with Gasteiger partial charge in [0, 0.05) is 6.42 Å². The molecule has 1 amide bonds. The molecule has 0 spiro atoms. The number of carbonyl (C=O) groups is 1. The molecule has 0 aliphatic heterocycles. The lowest BCUT2D eigenvalue weighted by Gasteiger charge is -2.26. The molecule has 1 N–H and O–H groups in total. The molecule has 22 heavy (non-hydrogen) atoms. The first-order valence-corrected chi connectivity index (χ1v) is 7.59. The lowest BCUT2D eigenvalue weighted by Crippen LogP contribution is -2.34. The third kappa shape index (κ3) is 3.36. The van der Waals surface area contributed by atoms with Crippen LogP contribution >= 0.6 is 0 Å². The lowest BCUT2D eigenvalue weighted by atomic mass is 10.0. The monoisotopic (exact) mass is 301 g/mol. The van der Waals surface area contributed by atoms with E-state index in [-0.39, 0.29) is 11.9 Å². The summed E-state index contributed by atoms with van der Waals surface area (Å²) in [5.74, 6) is 0.633. The summed E-state index contributed by atoms with van der Waals surface area (Å²) in [7, 11) is 1.94. The zero-order valence-corrected chi connectivity index (χ0v) is 13.6. The van der Waals surface area contributed by atoms with Crippen LogP contribution < -0.4 is 5.32 Å². The standard InChI is InChI=1S/C17H23N3O2/c1-5-14-15(12(3)19-22-14)18-17(21)16(20(4)6-2)13-10-8-7-9-11-13/h7-11,16H,5-6H2,1-4H3,(H,18,21). The highest BCUT2D eigenvalue weighted by Crippen LogP contribution is 2.25. The smallest absolute Gasteiger partial charge is 0.246 e. The van der Waals surface area contributed by atoms with Crippen LogP contribution in [-0.2, 0) is 11.2 Å². The van der Waals surface area contributed by atoms with Crippen molar-refractivity contribution in [3.63, 3.8) is 0 Å². The normalized spacial score (nSPS) is 12.4. The minimum absolute atomic E-state index is 0.0726. The Balaban J connectivity index is 2.28. The van der Waals surface area contributed by atoms with Crippen molar-refractivity contribution in [3.8, 4) is 0 Å². The average molecular weight is 301 g/mol. The highest BCUT2D eigenvalue weighted by molar-refractivity contribution is 5.96. The molecule has 0 bridgehead atoms. The minimum Gasteiger partial charge on any atom is -0.359 e. The number of aromatic nitrogens is 1. The third-order valence-corrected chi connectivity index (χ3v) is 3.81. The quantitative estimate of drug-likeness (QED) is 0.890. The summed E-state index contributed by atoms with van der Waals surface area (Å²) in [4.78, 5) is 14.8. The summed E-state index contributed by atoms with van der Waals surface area (Å²) in [5, 5.41) is 6.92. The molecule has 2 aromatic rings. The van der Waals surface area contributed by atoms with Crippen molar-refractivity contribution in [2.45, 2.75) is 33.2 Å². The number of hydrogen-bond donors (Lipinski definition) is 1. The van der Waals surface area contributed by atoms with E-state index in [0.717, 1.165) is 12.1 Å². The van der Waals surface area contributed by atoms with Gasteiger partial charge in [-0.15, -0.1) is 0 Å². The summed E-state index contributed by atoms with van der Waals surface area (Å²) >= 11 is 0. The molecule has 5 heteroatoms. The van der Waals surface area contributed by atoms with Crippen LogP contribution in [0.2, 0.25) is 0 Å². The van der Waals surface area contributed by atoms with Gasteiger partial charge < -0.3 is 9.84 Å². The van der Waals surface area contributed by atoms with Gasteiger partial charge in [0.1, 0.15) is 17.4 Å². The number of aryl methyl sites for hydroxylation is 2. The topological polar surface area (TPSA) is 58.4 Å². The number of nitrogens with zero attached hydrogens (tertiary/aromatic N) is 2. The molecule has 0 saturated heterocycles. The largest absolute Gasteiger partial charge is 0.359 e. The molecule has 5 nitrogen and oxygen atoms in total. The maximum atomic E-state index is 12.8. The van der Waals surface area contributed by atoms with Gasteiger partial charge >= 0.3 is 0 Å². The zero-order chi connectivity index (χ0) is 16.1. The zero-order valence-electron chi connectivity index (χ0n) is 13.6. The van der Waals surface area contributed by atoms with E-state index in [1.54, 1.807) is 0 Å². The molecular formula is C17H23N3O2. The second kappa shape index (κ2) is 7.22. The van der Waals surface area contributed by atoms with Crippen molar-refractivity contribution in [3.05, 3.63) is 47.3 Å². The highest BCUT2D eigenvalue weighted by Gasteiger charge is 2.26. The summed E-state index contributed by atoms with van der Waals surface area (Å²) in [6.45, 7) is 6.61. The van der Waals surface area contributed by atoms with Crippen LogP contribution in [0.5, 0.6) is 0 Å². The predicted octanol–water partition coefficient (Wildman–Crippen LogP) is 3.18. The molecule has 1 aromatic carbocycles. The van der Waals surface area contributed by atoms with E-state index >= 15 is 0 Å². The molecule has 0 fully saturated rings. The van der Waals surface area contributed by atoms with E-state index in [4.69, 9.17) is 4.52 Å². The van der Waals surface area contributed by atoms with Crippen molar-refractivity contribution >= 4 is 11.6 Å². The Bertz CT molecular complexity index is 622. The van der Waals surface area contributed by atoms with Gasteiger partial charge in [-0.3, -0.25) is 9.69 Å². The fraction of sp³-hybridized carbons (Fsp3) is 0.412. The average Bonchev–Trinajstić information content (AvgIpc) is 2.88. The molecule has 118 valence electrons. The van der Waals surface area contributed by atoms with Gasteiger partial charge in [0.2, 0.25) is 5.91 Å². The number of likely N-dealkylation sites (N-methyl/N-ethyl adjacent to an activating group) is 1. The maximum Gasteiger partial charge on any atom is 0.246 e. The van der Waals surface area contributed by atoms with Gasteiger partial charge in [0.25, 0.3) is 0 Å². The number of anilines is 1. The van der Waals surface area contributed by atoms with Crippen molar-refractivity contribution < 1.29 is 9.32 Å². The Morgan fingerprint density at radius 3 is 2.59 bits per heavy atom. The number of amides is 1. The Morgan fingerprint density at radius 2 is 2.00 bits per heavy atom. The molecule has 1 aromatic heterocycles. The minimum atomic E-state index is -0.342. The van der Waals surface area contributed by atoms with E-state index in [1.165, 1.54) is 0 Å². The molecule has 0 aliphatic rings. The summed E-state index contributed by atoms with van der Waals surface area (Å²) in [6.07, 6.45) is 0.691. The first-order chi connectivity index (χ1) is 10.6. The maximum absolute atomic E-state index is 12.8. The van der Waals surface area contributed by atoms with E-state index in [2.05, 4.69) is 10.5 Å². The van der Waals surface area contributed by atoms with Crippen LogP contribution in [0, 0.1) is 6.92 Å². The van der Waals surface area contributed by atoms with Crippen LogP contribution in [0.1, 0.15) is 36.9 Å². The molecule has 0 saturated carbocycles. The molecule has 2 rings (SSSR count). The summed E-state index contributed by atoms with van der Waals surface area (Å²) in [6, 6.07) is 9.44. The summed E-state index contributed by atoms with van der Waals surface area (Å²) in [5.41, 5.74) is 2.37.